The van der Waals surface area contributed by atoms with Gasteiger partial charge in [-0.1, -0.05) is 6.92 Å². The molecule has 2 heterocycles. The normalized spacial score (nSPS) is 31.8. The molecule has 2 aliphatic rings. The van der Waals surface area contributed by atoms with Gasteiger partial charge >= 0.3 is 0 Å². The zero-order valence-corrected chi connectivity index (χ0v) is 9.19. The van der Waals surface area contributed by atoms with E-state index in [1.54, 1.807) is 0 Å². The summed E-state index contributed by atoms with van der Waals surface area (Å²) in [5.74, 6) is 1.84. The maximum Gasteiger partial charge on any atom is 0.150 e. The Morgan fingerprint density at radius 1 is 1.40 bits per heavy atom. The van der Waals surface area contributed by atoms with E-state index < -0.39 is 0 Å². The topological polar surface area (TPSA) is 42.7 Å². The van der Waals surface area contributed by atoms with E-state index in [0.717, 1.165) is 12.4 Å². The highest BCUT2D eigenvalue weighted by Gasteiger charge is 2.32. The maximum absolute atomic E-state index is 4.30. The molecular weight excluding hydrogens is 188 g/mol. The van der Waals surface area contributed by atoms with Gasteiger partial charge in [-0.15, -0.1) is 10.2 Å². The van der Waals surface area contributed by atoms with Crippen molar-refractivity contribution in [2.45, 2.75) is 44.7 Å². The van der Waals surface area contributed by atoms with Gasteiger partial charge in [0.1, 0.15) is 6.33 Å². The van der Waals surface area contributed by atoms with Crippen molar-refractivity contribution in [2.75, 3.05) is 6.54 Å². The second-order valence-electron chi connectivity index (χ2n) is 4.88. The van der Waals surface area contributed by atoms with Gasteiger partial charge in [-0.25, -0.2) is 0 Å². The van der Waals surface area contributed by atoms with Crippen molar-refractivity contribution in [1.29, 1.82) is 0 Å². The molecule has 2 unspecified atom stereocenters. The predicted octanol–water partition coefficient (Wildman–Crippen LogP) is 1.67. The first-order chi connectivity index (χ1) is 7.36. The number of hydrogen-bond donors (Lipinski definition) is 1. The third kappa shape index (κ3) is 1.67. The van der Waals surface area contributed by atoms with Crippen LogP contribution in [0.3, 0.4) is 0 Å². The zero-order valence-electron chi connectivity index (χ0n) is 9.19. The first kappa shape index (κ1) is 9.33. The summed E-state index contributed by atoms with van der Waals surface area (Å²) < 4.78 is 2.28. The Bertz CT molecular complexity index is 342. The van der Waals surface area contributed by atoms with Crippen LogP contribution in [0.4, 0.5) is 0 Å². The summed E-state index contributed by atoms with van der Waals surface area (Å²) in [5, 5.41) is 11.9. The van der Waals surface area contributed by atoms with Crippen molar-refractivity contribution in [3.05, 3.63) is 12.2 Å². The number of piperidine rings is 1. The fourth-order valence-corrected chi connectivity index (χ4v) is 2.50. The monoisotopic (exact) mass is 206 g/mol. The Balaban J connectivity index is 1.86. The Labute approximate surface area is 90.1 Å². The number of nitrogens with zero attached hydrogens (tertiary/aromatic N) is 3. The SMILES string of the molecule is CC1CCCNC1c1nncn1C1CC1. The van der Waals surface area contributed by atoms with Gasteiger partial charge in [0, 0.05) is 6.04 Å². The second kappa shape index (κ2) is 3.59. The van der Waals surface area contributed by atoms with Crippen molar-refractivity contribution in [3.8, 4) is 0 Å². The van der Waals surface area contributed by atoms with Crippen molar-refractivity contribution < 1.29 is 0 Å². The van der Waals surface area contributed by atoms with E-state index in [9.17, 15) is 0 Å². The molecular formula is C11H18N4. The van der Waals surface area contributed by atoms with Crippen LogP contribution in [0.1, 0.15) is 50.5 Å². The van der Waals surface area contributed by atoms with Gasteiger partial charge in [0.15, 0.2) is 5.82 Å². The average molecular weight is 206 g/mol. The third-order valence-electron chi connectivity index (χ3n) is 3.59. The minimum atomic E-state index is 0.418. The molecule has 4 nitrogen and oxygen atoms in total. The maximum atomic E-state index is 4.30. The van der Waals surface area contributed by atoms with E-state index >= 15 is 0 Å². The van der Waals surface area contributed by atoms with Crippen LogP contribution in [-0.4, -0.2) is 21.3 Å². The zero-order chi connectivity index (χ0) is 10.3. The van der Waals surface area contributed by atoms with Crippen LogP contribution in [0.15, 0.2) is 6.33 Å². The van der Waals surface area contributed by atoms with Crippen LogP contribution in [0.2, 0.25) is 0 Å². The molecule has 0 bridgehead atoms. The molecule has 0 radical (unpaired) electrons. The van der Waals surface area contributed by atoms with Gasteiger partial charge in [-0.05, 0) is 38.1 Å². The van der Waals surface area contributed by atoms with E-state index in [1.165, 1.54) is 25.7 Å². The van der Waals surface area contributed by atoms with Gasteiger partial charge in [0.2, 0.25) is 0 Å². The van der Waals surface area contributed by atoms with Crippen molar-refractivity contribution in [2.24, 2.45) is 5.92 Å². The molecule has 4 heteroatoms. The van der Waals surface area contributed by atoms with E-state index in [2.05, 4.69) is 27.0 Å². The van der Waals surface area contributed by atoms with E-state index in [1.807, 2.05) is 6.33 Å². The summed E-state index contributed by atoms with van der Waals surface area (Å²) in [6.07, 6.45) is 7.08. The fourth-order valence-electron chi connectivity index (χ4n) is 2.50. The predicted molar refractivity (Wildman–Crippen MR) is 57.4 cm³/mol. The molecule has 1 aromatic heterocycles. The molecule has 2 atom stereocenters. The van der Waals surface area contributed by atoms with E-state index in [-0.39, 0.29) is 0 Å². The fraction of sp³-hybridized carbons (Fsp3) is 0.818. The minimum Gasteiger partial charge on any atom is -0.313 e. The first-order valence-electron chi connectivity index (χ1n) is 5.99. The lowest BCUT2D eigenvalue weighted by atomic mass is 9.92. The number of rotatable bonds is 2. The molecule has 1 aliphatic heterocycles. The standard InChI is InChI=1S/C11H18N4/c1-8-3-2-6-12-10(8)11-14-13-7-15(11)9-4-5-9/h7-10,12H,2-6H2,1H3. The Morgan fingerprint density at radius 2 is 2.27 bits per heavy atom. The summed E-state index contributed by atoms with van der Waals surface area (Å²) in [5.41, 5.74) is 0. The van der Waals surface area contributed by atoms with E-state index in [0.29, 0.717) is 18.0 Å². The lowest BCUT2D eigenvalue weighted by Crippen LogP contribution is -2.34. The number of aromatic nitrogens is 3. The highest BCUT2D eigenvalue weighted by Crippen LogP contribution is 2.38. The summed E-state index contributed by atoms with van der Waals surface area (Å²) in [6.45, 7) is 3.43. The van der Waals surface area contributed by atoms with Crippen LogP contribution >= 0.6 is 0 Å². The van der Waals surface area contributed by atoms with Crippen LogP contribution in [0.5, 0.6) is 0 Å². The summed E-state index contributed by atoms with van der Waals surface area (Å²) in [4.78, 5) is 0. The number of nitrogens with one attached hydrogen (secondary N) is 1. The second-order valence-corrected chi connectivity index (χ2v) is 4.88. The van der Waals surface area contributed by atoms with Gasteiger partial charge in [-0.3, -0.25) is 0 Å². The van der Waals surface area contributed by atoms with Gasteiger partial charge in [-0.2, -0.15) is 0 Å². The summed E-state index contributed by atoms with van der Waals surface area (Å²) in [7, 11) is 0. The minimum absolute atomic E-state index is 0.418. The smallest absolute Gasteiger partial charge is 0.150 e. The number of hydrogen-bond acceptors (Lipinski definition) is 3. The molecule has 3 rings (SSSR count). The van der Waals surface area contributed by atoms with Gasteiger partial charge in [0.05, 0.1) is 6.04 Å². The molecule has 1 aromatic rings. The molecule has 82 valence electrons. The third-order valence-corrected chi connectivity index (χ3v) is 3.59. The Hall–Kier alpha value is -0.900. The molecule has 1 saturated carbocycles. The molecule has 1 saturated heterocycles. The quantitative estimate of drug-likeness (QED) is 0.800. The van der Waals surface area contributed by atoms with Crippen molar-refractivity contribution >= 4 is 0 Å². The molecule has 15 heavy (non-hydrogen) atoms. The summed E-state index contributed by atoms with van der Waals surface area (Å²) in [6, 6.07) is 1.10. The van der Waals surface area contributed by atoms with Gasteiger partial charge < -0.3 is 9.88 Å². The van der Waals surface area contributed by atoms with Crippen LogP contribution in [0.25, 0.3) is 0 Å². The largest absolute Gasteiger partial charge is 0.313 e. The highest BCUT2D eigenvalue weighted by molar-refractivity contribution is 5.03. The average Bonchev–Trinajstić information content (AvgIpc) is 2.98. The molecule has 0 amide bonds. The molecule has 0 aromatic carbocycles. The van der Waals surface area contributed by atoms with Crippen molar-refractivity contribution in [3.63, 3.8) is 0 Å². The Kier molecular flexibility index (Phi) is 2.24. The summed E-state index contributed by atoms with van der Waals surface area (Å²) >= 11 is 0. The Morgan fingerprint density at radius 3 is 3.00 bits per heavy atom. The van der Waals surface area contributed by atoms with Crippen LogP contribution < -0.4 is 5.32 Å². The van der Waals surface area contributed by atoms with E-state index in [4.69, 9.17) is 0 Å². The molecule has 0 spiro atoms. The lowest BCUT2D eigenvalue weighted by molar-refractivity contribution is 0.287. The highest BCUT2D eigenvalue weighted by atomic mass is 15.3. The van der Waals surface area contributed by atoms with Gasteiger partial charge in [0.25, 0.3) is 0 Å². The molecule has 2 fully saturated rings. The van der Waals surface area contributed by atoms with Crippen LogP contribution in [-0.2, 0) is 0 Å². The molecule has 1 N–H and O–H groups in total. The van der Waals surface area contributed by atoms with Crippen molar-refractivity contribution in [1.82, 2.24) is 20.1 Å². The van der Waals surface area contributed by atoms with Crippen LogP contribution in [0, 0.1) is 5.92 Å². The lowest BCUT2D eigenvalue weighted by Gasteiger charge is -2.29. The molecule has 1 aliphatic carbocycles. The first-order valence-corrected chi connectivity index (χ1v) is 5.99.